The molecule has 2 aromatic heterocycles. The summed E-state index contributed by atoms with van der Waals surface area (Å²) in [5, 5.41) is 1.09. The molecule has 0 radical (unpaired) electrons. The van der Waals surface area contributed by atoms with Crippen LogP contribution in [0.2, 0.25) is 0 Å². The number of rotatable bonds is 5. The summed E-state index contributed by atoms with van der Waals surface area (Å²) < 4.78 is 2.33. The number of fused-ring (bicyclic) bond motifs is 1. The molecule has 0 aliphatic rings. The van der Waals surface area contributed by atoms with E-state index in [9.17, 15) is 0 Å². The molecule has 0 unspecified atom stereocenters. The number of thioether (sulfide) groups is 1. The number of aryl methyl sites for hydroxylation is 1. The molecule has 0 aliphatic heterocycles. The molecule has 5 heteroatoms. The number of imidazole rings is 2. The van der Waals surface area contributed by atoms with Gasteiger partial charge >= 0.3 is 0 Å². The molecule has 3 aromatic rings. The number of aromatic amines is 1. The van der Waals surface area contributed by atoms with Crippen LogP contribution < -0.4 is 0 Å². The highest BCUT2D eigenvalue weighted by molar-refractivity contribution is 7.98. The third kappa shape index (κ3) is 3.04. The summed E-state index contributed by atoms with van der Waals surface area (Å²) in [6.07, 6.45) is 0. The van der Waals surface area contributed by atoms with E-state index in [0.717, 1.165) is 40.0 Å². The molecule has 3 rings (SSSR count). The molecule has 0 atom stereocenters. The molecule has 1 N–H and O–H groups in total. The quantitative estimate of drug-likeness (QED) is 0.713. The third-order valence-electron chi connectivity index (χ3n) is 3.75. The van der Waals surface area contributed by atoms with Gasteiger partial charge in [0.15, 0.2) is 5.16 Å². The minimum atomic E-state index is 0.609. The van der Waals surface area contributed by atoms with Gasteiger partial charge in [-0.25, -0.2) is 9.97 Å². The van der Waals surface area contributed by atoms with Crippen molar-refractivity contribution in [2.45, 2.75) is 45.1 Å². The summed E-state index contributed by atoms with van der Waals surface area (Å²) in [6.45, 7) is 9.72. The van der Waals surface area contributed by atoms with Crippen LogP contribution in [-0.2, 0) is 12.3 Å². The molecular formula is C17H22N4S. The minimum Gasteiger partial charge on any atom is -0.341 e. The topological polar surface area (TPSA) is 46.5 Å². The predicted molar refractivity (Wildman–Crippen MR) is 92.2 cm³/mol. The summed E-state index contributed by atoms with van der Waals surface area (Å²) in [7, 11) is 0. The fourth-order valence-corrected chi connectivity index (χ4v) is 3.49. The van der Waals surface area contributed by atoms with Gasteiger partial charge in [-0.15, -0.1) is 0 Å². The number of nitrogens with one attached hydrogen (secondary N) is 1. The Kier molecular flexibility index (Phi) is 4.25. The normalized spacial score (nSPS) is 11.7. The van der Waals surface area contributed by atoms with Gasteiger partial charge in [0.2, 0.25) is 0 Å². The largest absolute Gasteiger partial charge is 0.341 e. The SMILES string of the molecule is Cc1nc(SCc2nc3ccccc3[nH]2)n(CC(C)C)c1C. The van der Waals surface area contributed by atoms with E-state index < -0.39 is 0 Å². The molecule has 0 saturated carbocycles. The van der Waals surface area contributed by atoms with Crippen molar-refractivity contribution in [3.63, 3.8) is 0 Å². The van der Waals surface area contributed by atoms with Crippen molar-refractivity contribution in [1.82, 2.24) is 19.5 Å². The maximum Gasteiger partial charge on any atom is 0.168 e. The van der Waals surface area contributed by atoms with Crippen LogP contribution in [-0.4, -0.2) is 19.5 Å². The Morgan fingerprint density at radius 1 is 1.18 bits per heavy atom. The van der Waals surface area contributed by atoms with Crippen LogP contribution in [0, 0.1) is 19.8 Å². The van der Waals surface area contributed by atoms with E-state index in [0.29, 0.717) is 5.92 Å². The lowest BCUT2D eigenvalue weighted by atomic mass is 10.2. The Morgan fingerprint density at radius 2 is 1.95 bits per heavy atom. The van der Waals surface area contributed by atoms with Crippen LogP contribution in [0.3, 0.4) is 0 Å². The van der Waals surface area contributed by atoms with Gasteiger partial charge in [-0.1, -0.05) is 37.7 Å². The zero-order chi connectivity index (χ0) is 15.7. The fourth-order valence-electron chi connectivity index (χ4n) is 2.52. The van der Waals surface area contributed by atoms with Crippen LogP contribution >= 0.6 is 11.8 Å². The molecule has 0 saturated heterocycles. The Hall–Kier alpha value is -1.75. The first-order valence-electron chi connectivity index (χ1n) is 7.64. The van der Waals surface area contributed by atoms with E-state index in [1.165, 1.54) is 5.69 Å². The summed E-state index contributed by atoms with van der Waals surface area (Å²) in [5.74, 6) is 2.42. The number of nitrogens with zero attached hydrogens (tertiary/aromatic N) is 3. The molecule has 2 heterocycles. The Labute approximate surface area is 135 Å². The molecule has 0 spiro atoms. The lowest BCUT2D eigenvalue weighted by Gasteiger charge is -2.11. The molecule has 1 aromatic carbocycles. The van der Waals surface area contributed by atoms with E-state index in [1.807, 2.05) is 18.2 Å². The third-order valence-corrected chi connectivity index (χ3v) is 4.73. The first-order chi connectivity index (χ1) is 10.5. The van der Waals surface area contributed by atoms with Crippen LogP contribution in [0.1, 0.15) is 31.1 Å². The molecule has 116 valence electrons. The average molecular weight is 314 g/mol. The summed E-state index contributed by atoms with van der Waals surface area (Å²) in [6, 6.07) is 8.14. The number of benzene rings is 1. The molecule has 0 amide bonds. The molecule has 0 bridgehead atoms. The van der Waals surface area contributed by atoms with Crippen molar-refractivity contribution in [3.05, 3.63) is 41.5 Å². The second kappa shape index (κ2) is 6.16. The minimum absolute atomic E-state index is 0.609. The first-order valence-corrected chi connectivity index (χ1v) is 8.63. The lowest BCUT2D eigenvalue weighted by molar-refractivity contribution is 0.486. The fraction of sp³-hybridized carbons (Fsp3) is 0.412. The van der Waals surface area contributed by atoms with Crippen molar-refractivity contribution in [2.24, 2.45) is 5.92 Å². The molecule has 0 fully saturated rings. The van der Waals surface area contributed by atoms with Crippen molar-refractivity contribution < 1.29 is 0 Å². The Morgan fingerprint density at radius 3 is 2.68 bits per heavy atom. The van der Waals surface area contributed by atoms with Gasteiger partial charge < -0.3 is 9.55 Å². The molecular weight excluding hydrogens is 292 g/mol. The maximum absolute atomic E-state index is 4.72. The van der Waals surface area contributed by atoms with Gasteiger partial charge in [-0.2, -0.15) is 0 Å². The van der Waals surface area contributed by atoms with E-state index >= 15 is 0 Å². The van der Waals surface area contributed by atoms with Gasteiger partial charge in [-0.05, 0) is 31.9 Å². The van der Waals surface area contributed by atoms with Gasteiger partial charge in [0, 0.05) is 12.2 Å². The van der Waals surface area contributed by atoms with Crippen molar-refractivity contribution in [3.8, 4) is 0 Å². The van der Waals surface area contributed by atoms with E-state index in [-0.39, 0.29) is 0 Å². The average Bonchev–Trinajstić information content (AvgIpc) is 3.00. The second-order valence-electron chi connectivity index (χ2n) is 6.06. The van der Waals surface area contributed by atoms with Crippen molar-refractivity contribution in [2.75, 3.05) is 0 Å². The molecule has 0 aliphatic carbocycles. The summed E-state index contributed by atoms with van der Waals surface area (Å²) in [5.41, 5.74) is 4.50. The highest BCUT2D eigenvalue weighted by Gasteiger charge is 2.13. The maximum atomic E-state index is 4.72. The van der Waals surface area contributed by atoms with Crippen LogP contribution in [0.25, 0.3) is 11.0 Å². The molecule has 4 nitrogen and oxygen atoms in total. The van der Waals surface area contributed by atoms with E-state index in [1.54, 1.807) is 11.8 Å². The standard InChI is InChI=1S/C17H22N4S/c1-11(2)9-21-13(4)12(3)18-17(21)22-10-16-19-14-7-5-6-8-15(14)20-16/h5-8,11H,9-10H2,1-4H3,(H,19,20). The summed E-state index contributed by atoms with van der Waals surface area (Å²) >= 11 is 1.75. The van der Waals surface area contributed by atoms with Crippen LogP contribution in [0.15, 0.2) is 29.4 Å². The highest BCUT2D eigenvalue weighted by Crippen LogP contribution is 2.25. The lowest BCUT2D eigenvalue weighted by Crippen LogP contribution is -2.07. The summed E-state index contributed by atoms with van der Waals surface area (Å²) in [4.78, 5) is 12.7. The van der Waals surface area contributed by atoms with Gasteiger partial charge in [0.25, 0.3) is 0 Å². The van der Waals surface area contributed by atoms with Crippen molar-refractivity contribution >= 4 is 22.8 Å². The van der Waals surface area contributed by atoms with Gasteiger partial charge in [0.05, 0.1) is 22.5 Å². The Balaban J connectivity index is 1.79. The van der Waals surface area contributed by atoms with Crippen LogP contribution in [0.4, 0.5) is 0 Å². The first kappa shape index (κ1) is 15.2. The number of hydrogen-bond acceptors (Lipinski definition) is 3. The predicted octanol–water partition coefficient (Wildman–Crippen LogP) is 4.32. The highest BCUT2D eigenvalue weighted by atomic mass is 32.2. The zero-order valence-corrected chi connectivity index (χ0v) is 14.4. The van der Waals surface area contributed by atoms with Gasteiger partial charge in [-0.3, -0.25) is 0 Å². The monoisotopic (exact) mass is 314 g/mol. The smallest absolute Gasteiger partial charge is 0.168 e. The second-order valence-corrected chi connectivity index (χ2v) is 7.00. The number of para-hydroxylation sites is 2. The van der Waals surface area contributed by atoms with Crippen LogP contribution in [0.5, 0.6) is 0 Å². The number of hydrogen-bond donors (Lipinski definition) is 1. The molecule has 22 heavy (non-hydrogen) atoms. The Bertz CT molecular complexity index is 752. The number of aromatic nitrogens is 4. The van der Waals surface area contributed by atoms with Crippen molar-refractivity contribution in [1.29, 1.82) is 0 Å². The van der Waals surface area contributed by atoms with Gasteiger partial charge in [0.1, 0.15) is 5.82 Å². The van der Waals surface area contributed by atoms with E-state index in [4.69, 9.17) is 4.98 Å². The number of H-pyrrole nitrogens is 1. The van der Waals surface area contributed by atoms with E-state index in [2.05, 4.69) is 48.3 Å². The zero-order valence-electron chi connectivity index (χ0n) is 13.6.